The highest BCUT2D eigenvalue weighted by molar-refractivity contribution is 5.98. The Hall–Kier alpha value is -2.09. The van der Waals surface area contributed by atoms with E-state index in [1.54, 1.807) is 0 Å². The van der Waals surface area contributed by atoms with Crippen molar-refractivity contribution in [1.29, 1.82) is 0 Å². The van der Waals surface area contributed by atoms with Crippen LogP contribution in [0.15, 0.2) is 9.59 Å². The number of hydrogen-bond donors (Lipinski definition) is 2. The lowest BCUT2D eigenvalue weighted by atomic mass is 10.2. The summed E-state index contributed by atoms with van der Waals surface area (Å²) in [7, 11) is 1.52. The number of anilines is 2. The van der Waals surface area contributed by atoms with Crippen LogP contribution in [-0.2, 0) is 16.1 Å². The summed E-state index contributed by atoms with van der Waals surface area (Å²) >= 11 is 0. The zero-order chi connectivity index (χ0) is 18.0. The minimum atomic E-state index is -0.643. The maximum absolute atomic E-state index is 12.7. The molecule has 2 unspecified atom stereocenters. The lowest BCUT2D eigenvalue weighted by Gasteiger charge is -2.24. The van der Waals surface area contributed by atoms with Crippen LogP contribution in [0.25, 0.3) is 0 Å². The number of hydrogen-bond acceptors (Lipinski definition) is 5. The molecule has 0 radical (unpaired) electrons. The van der Waals surface area contributed by atoms with Crippen molar-refractivity contribution in [3.63, 3.8) is 0 Å². The van der Waals surface area contributed by atoms with E-state index in [2.05, 4.69) is 4.98 Å². The Balaban J connectivity index is 2.50. The first-order valence-electron chi connectivity index (χ1n) is 8.20. The van der Waals surface area contributed by atoms with Gasteiger partial charge < -0.3 is 15.4 Å². The molecule has 1 heterocycles. The second-order valence-electron chi connectivity index (χ2n) is 6.80. The Bertz CT molecular complexity index is 722. The summed E-state index contributed by atoms with van der Waals surface area (Å²) in [6, 6.07) is 0. The first-order chi connectivity index (χ1) is 11.3. The molecule has 1 aliphatic carbocycles. The van der Waals surface area contributed by atoms with Gasteiger partial charge in [0.2, 0.25) is 5.91 Å². The SMILES string of the molecule is COCCN(C(=O)C1CC1C)c1c(N)n(CC(C)C)c(=O)[nH]c1=O. The second-order valence-corrected chi connectivity index (χ2v) is 6.80. The van der Waals surface area contributed by atoms with E-state index in [9.17, 15) is 14.4 Å². The Morgan fingerprint density at radius 3 is 2.58 bits per heavy atom. The van der Waals surface area contributed by atoms with E-state index in [1.165, 1.54) is 16.6 Å². The number of nitrogen functional groups attached to an aromatic ring is 1. The minimum Gasteiger partial charge on any atom is -0.383 e. The normalized spacial score (nSPS) is 19.5. The standard InChI is InChI=1S/C16H26N4O4/c1-9(2)8-20-13(17)12(14(21)18-16(20)23)19(5-6-24-4)15(22)11-7-10(11)3/h9-11H,5-8,17H2,1-4H3,(H,18,21,23). The van der Waals surface area contributed by atoms with Gasteiger partial charge in [-0.15, -0.1) is 0 Å². The van der Waals surface area contributed by atoms with Crippen LogP contribution in [0.3, 0.4) is 0 Å². The third-order valence-electron chi connectivity index (χ3n) is 4.24. The Kier molecular flexibility index (Phi) is 5.48. The van der Waals surface area contributed by atoms with Crippen LogP contribution < -0.4 is 21.9 Å². The van der Waals surface area contributed by atoms with Gasteiger partial charge in [-0.2, -0.15) is 0 Å². The molecule has 1 saturated carbocycles. The van der Waals surface area contributed by atoms with Gasteiger partial charge in [0, 0.05) is 26.1 Å². The van der Waals surface area contributed by atoms with Crippen LogP contribution in [0.4, 0.5) is 11.5 Å². The molecule has 1 aliphatic rings. The lowest BCUT2D eigenvalue weighted by molar-refractivity contribution is -0.120. The van der Waals surface area contributed by atoms with Gasteiger partial charge in [-0.1, -0.05) is 20.8 Å². The van der Waals surface area contributed by atoms with Gasteiger partial charge in [-0.25, -0.2) is 4.79 Å². The van der Waals surface area contributed by atoms with Crippen LogP contribution >= 0.6 is 0 Å². The van der Waals surface area contributed by atoms with Crippen LogP contribution in [0.5, 0.6) is 0 Å². The van der Waals surface area contributed by atoms with Gasteiger partial charge in [0.05, 0.1) is 6.61 Å². The zero-order valence-electron chi connectivity index (χ0n) is 14.7. The molecule has 1 aromatic heterocycles. The highest BCUT2D eigenvalue weighted by Gasteiger charge is 2.42. The first kappa shape index (κ1) is 18.3. The van der Waals surface area contributed by atoms with Gasteiger partial charge in [-0.05, 0) is 18.3 Å². The highest BCUT2D eigenvalue weighted by atomic mass is 16.5. The fourth-order valence-electron chi connectivity index (χ4n) is 2.77. The lowest BCUT2D eigenvalue weighted by Crippen LogP contribution is -2.43. The van der Waals surface area contributed by atoms with Gasteiger partial charge in [0.15, 0.2) is 5.69 Å². The third kappa shape index (κ3) is 3.69. The first-order valence-corrected chi connectivity index (χ1v) is 8.20. The molecule has 0 aliphatic heterocycles. The van der Waals surface area contributed by atoms with Crippen LogP contribution in [-0.4, -0.2) is 35.7 Å². The predicted molar refractivity (Wildman–Crippen MR) is 92.1 cm³/mol. The Morgan fingerprint density at radius 2 is 2.08 bits per heavy atom. The van der Waals surface area contributed by atoms with Crippen molar-refractivity contribution in [2.45, 2.75) is 33.7 Å². The summed E-state index contributed by atoms with van der Waals surface area (Å²) in [5.41, 5.74) is 4.94. The van der Waals surface area contributed by atoms with E-state index < -0.39 is 11.2 Å². The summed E-state index contributed by atoms with van der Waals surface area (Å²) in [6.45, 7) is 6.72. The minimum absolute atomic E-state index is 0.0233. The Labute approximate surface area is 140 Å². The number of nitrogens with one attached hydrogen (secondary N) is 1. The fraction of sp³-hybridized carbons (Fsp3) is 0.688. The number of nitrogens with zero attached hydrogens (tertiary/aromatic N) is 2. The maximum Gasteiger partial charge on any atom is 0.330 e. The molecular formula is C16H26N4O4. The zero-order valence-corrected chi connectivity index (χ0v) is 14.7. The molecule has 0 saturated heterocycles. The van der Waals surface area contributed by atoms with Crippen molar-refractivity contribution in [2.75, 3.05) is 30.9 Å². The van der Waals surface area contributed by atoms with E-state index in [0.29, 0.717) is 12.5 Å². The number of carbonyl (C=O) groups is 1. The number of carbonyl (C=O) groups excluding carboxylic acids is 1. The predicted octanol–water partition coefficient (Wildman–Crippen LogP) is 0.410. The number of amides is 1. The molecule has 2 atom stereocenters. The monoisotopic (exact) mass is 338 g/mol. The molecular weight excluding hydrogens is 312 g/mol. The summed E-state index contributed by atoms with van der Waals surface area (Å²) < 4.78 is 6.36. The summed E-state index contributed by atoms with van der Waals surface area (Å²) in [5.74, 6) is 0.229. The molecule has 1 amide bonds. The van der Waals surface area contributed by atoms with E-state index in [4.69, 9.17) is 10.5 Å². The smallest absolute Gasteiger partial charge is 0.330 e. The molecule has 8 heteroatoms. The average Bonchev–Trinajstić information content (AvgIpc) is 3.22. The molecule has 1 aromatic rings. The van der Waals surface area contributed by atoms with E-state index in [0.717, 1.165) is 6.42 Å². The maximum atomic E-state index is 12.7. The molecule has 2 rings (SSSR count). The van der Waals surface area contributed by atoms with Gasteiger partial charge in [0.1, 0.15) is 5.82 Å². The molecule has 0 spiro atoms. The largest absolute Gasteiger partial charge is 0.383 e. The van der Waals surface area contributed by atoms with Crippen molar-refractivity contribution in [1.82, 2.24) is 9.55 Å². The number of aromatic nitrogens is 2. The van der Waals surface area contributed by atoms with Crippen LogP contribution in [0, 0.1) is 17.8 Å². The topological polar surface area (TPSA) is 110 Å². The number of ether oxygens (including phenoxy) is 1. The van der Waals surface area contributed by atoms with Crippen LogP contribution in [0.2, 0.25) is 0 Å². The van der Waals surface area contributed by atoms with Gasteiger partial charge >= 0.3 is 5.69 Å². The summed E-state index contributed by atoms with van der Waals surface area (Å²) in [4.78, 5) is 40.8. The van der Waals surface area contributed by atoms with Crippen LogP contribution in [0.1, 0.15) is 27.2 Å². The molecule has 3 N–H and O–H groups in total. The average molecular weight is 338 g/mol. The van der Waals surface area contributed by atoms with Crippen molar-refractivity contribution in [3.05, 3.63) is 20.8 Å². The van der Waals surface area contributed by atoms with E-state index in [-0.39, 0.29) is 42.4 Å². The molecule has 1 fully saturated rings. The fourth-order valence-corrected chi connectivity index (χ4v) is 2.77. The molecule has 134 valence electrons. The van der Waals surface area contributed by atoms with Gasteiger partial charge in [0.25, 0.3) is 5.56 Å². The van der Waals surface area contributed by atoms with Crippen molar-refractivity contribution < 1.29 is 9.53 Å². The second kappa shape index (κ2) is 7.21. The van der Waals surface area contributed by atoms with E-state index >= 15 is 0 Å². The number of nitrogens with two attached hydrogens (primary N) is 1. The summed E-state index contributed by atoms with van der Waals surface area (Å²) in [5, 5.41) is 0. The quantitative estimate of drug-likeness (QED) is 0.748. The van der Waals surface area contributed by atoms with Crippen molar-refractivity contribution >= 4 is 17.4 Å². The number of rotatable bonds is 7. The molecule has 24 heavy (non-hydrogen) atoms. The van der Waals surface area contributed by atoms with Crippen molar-refractivity contribution in [2.24, 2.45) is 17.8 Å². The van der Waals surface area contributed by atoms with E-state index in [1.807, 2.05) is 20.8 Å². The van der Waals surface area contributed by atoms with Crippen molar-refractivity contribution in [3.8, 4) is 0 Å². The molecule has 0 aromatic carbocycles. The number of H-pyrrole nitrogens is 1. The number of aromatic amines is 1. The molecule has 8 nitrogen and oxygen atoms in total. The Morgan fingerprint density at radius 1 is 1.46 bits per heavy atom. The highest BCUT2D eigenvalue weighted by Crippen LogP contribution is 2.40. The summed E-state index contributed by atoms with van der Waals surface area (Å²) in [6.07, 6.45) is 0.797. The van der Waals surface area contributed by atoms with Gasteiger partial charge in [-0.3, -0.25) is 19.1 Å². The number of methoxy groups -OCH3 is 1. The third-order valence-corrected chi connectivity index (χ3v) is 4.24. The molecule has 0 bridgehead atoms.